The Kier molecular flexibility index (Phi) is 6.11. The Labute approximate surface area is 155 Å². The van der Waals surface area contributed by atoms with Crippen molar-refractivity contribution in [1.82, 2.24) is 4.90 Å². The van der Waals surface area contributed by atoms with E-state index in [0.29, 0.717) is 0 Å². The van der Waals surface area contributed by atoms with Crippen LogP contribution in [0.2, 0.25) is 0 Å². The Bertz CT molecular complexity index is 944. The van der Waals surface area contributed by atoms with Crippen molar-refractivity contribution in [2.75, 3.05) is 32.2 Å². The summed E-state index contributed by atoms with van der Waals surface area (Å²) in [7, 11) is -0.365. The summed E-state index contributed by atoms with van der Waals surface area (Å²) in [5, 5.41) is 14.1. The second kappa shape index (κ2) is 7.97. The topological polar surface area (TPSA) is 92.6 Å². The zero-order valence-corrected chi connectivity index (χ0v) is 15.8. The van der Waals surface area contributed by atoms with Gasteiger partial charge in [-0.15, -0.1) is 0 Å². The molecule has 2 aromatic carbocycles. The van der Waals surface area contributed by atoms with E-state index in [9.17, 15) is 27.3 Å². The molecule has 0 amide bonds. The van der Waals surface area contributed by atoms with Crippen LogP contribution in [0.4, 0.5) is 20.2 Å². The molecule has 0 aromatic heterocycles. The van der Waals surface area contributed by atoms with Crippen molar-refractivity contribution in [3.05, 3.63) is 63.7 Å². The molecule has 0 aliphatic heterocycles. The van der Waals surface area contributed by atoms with Gasteiger partial charge in [0.05, 0.1) is 15.9 Å². The van der Waals surface area contributed by atoms with Gasteiger partial charge in [-0.3, -0.25) is 10.1 Å². The number of hydrogen-bond donors (Lipinski definition) is 1. The monoisotopic (exact) mass is 399 g/mol. The summed E-state index contributed by atoms with van der Waals surface area (Å²) in [5.41, 5.74) is -0.550. The molecular weight excluding hydrogens is 380 g/mol. The van der Waals surface area contributed by atoms with Gasteiger partial charge in [0.2, 0.25) is 0 Å². The molecule has 146 valence electrons. The first-order chi connectivity index (χ1) is 12.5. The van der Waals surface area contributed by atoms with Crippen LogP contribution in [0.1, 0.15) is 11.6 Å². The number of halogens is 2. The number of anilines is 1. The third-order valence-electron chi connectivity index (χ3n) is 4.04. The van der Waals surface area contributed by atoms with Gasteiger partial charge in [0.15, 0.2) is 9.84 Å². The number of likely N-dealkylation sites (N-methyl/N-ethyl adjacent to an activating group) is 1. The summed E-state index contributed by atoms with van der Waals surface area (Å²) in [6.45, 7) is -0.0378. The van der Waals surface area contributed by atoms with Crippen LogP contribution in [0, 0.1) is 21.7 Å². The molecule has 1 unspecified atom stereocenters. The second-order valence-electron chi connectivity index (χ2n) is 6.20. The SMILES string of the molecule is CN(C)C(CNc1ccc(S(C)(=O)=O)cc1[N+](=O)[O-])c1c(F)cccc1F. The third kappa shape index (κ3) is 4.77. The summed E-state index contributed by atoms with van der Waals surface area (Å²) in [5.74, 6) is -1.45. The minimum atomic E-state index is -3.61. The minimum absolute atomic E-state index is 0.0378. The van der Waals surface area contributed by atoms with E-state index in [1.165, 1.54) is 18.2 Å². The van der Waals surface area contributed by atoms with Gasteiger partial charge in [-0.05, 0) is 38.4 Å². The number of nitro groups is 1. The van der Waals surface area contributed by atoms with E-state index in [2.05, 4.69) is 5.32 Å². The summed E-state index contributed by atoms with van der Waals surface area (Å²) in [4.78, 5) is 12.0. The molecule has 0 fully saturated rings. The summed E-state index contributed by atoms with van der Waals surface area (Å²) < 4.78 is 51.4. The van der Waals surface area contributed by atoms with Gasteiger partial charge in [-0.1, -0.05) is 6.07 Å². The summed E-state index contributed by atoms with van der Waals surface area (Å²) in [6.07, 6.45) is 0.947. The van der Waals surface area contributed by atoms with Crippen LogP contribution in [0.15, 0.2) is 41.3 Å². The molecule has 0 bridgehead atoms. The summed E-state index contributed by atoms with van der Waals surface area (Å²) >= 11 is 0. The number of nitro benzene ring substituents is 1. The molecule has 0 radical (unpaired) electrons. The quantitative estimate of drug-likeness (QED) is 0.568. The van der Waals surface area contributed by atoms with Crippen LogP contribution >= 0.6 is 0 Å². The van der Waals surface area contributed by atoms with E-state index >= 15 is 0 Å². The predicted octanol–water partition coefficient (Wildman–Crippen LogP) is 2.99. The fourth-order valence-corrected chi connectivity index (χ4v) is 3.26. The minimum Gasteiger partial charge on any atom is -0.378 e. The molecule has 1 atom stereocenters. The van der Waals surface area contributed by atoms with E-state index in [-0.39, 0.29) is 22.7 Å². The first kappa shape index (κ1) is 20.7. The molecule has 2 rings (SSSR count). The normalized spacial score (nSPS) is 12.8. The van der Waals surface area contributed by atoms with E-state index in [1.807, 2.05) is 0 Å². The maximum absolute atomic E-state index is 14.1. The average molecular weight is 399 g/mol. The molecule has 7 nitrogen and oxygen atoms in total. The molecule has 0 heterocycles. The fraction of sp³-hybridized carbons (Fsp3) is 0.294. The molecule has 0 saturated carbocycles. The van der Waals surface area contributed by atoms with E-state index in [0.717, 1.165) is 24.5 Å². The number of rotatable bonds is 7. The molecular formula is C17H19F2N3O4S. The zero-order chi connectivity index (χ0) is 20.4. The Morgan fingerprint density at radius 1 is 1.19 bits per heavy atom. The van der Waals surface area contributed by atoms with Gasteiger partial charge in [-0.2, -0.15) is 0 Å². The van der Waals surface area contributed by atoms with E-state index in [1.54, 1.807) is 19.0 Å². The number of benzene rings is 2. The van der Waals surface area contributed by atoms with Gasteiger partial charge in [-0.25, -0.2) is 17.2 Å². The highest BCUT2D eigenvalue weighted by Gasteiger charge is 2.24. The van der Waals surface area contributed by atoms with Crippen LogP contribution in [-0.2, 0) is 9.84 Å². The average Bonchev–Trinajstić information content (AvgIpc) is 2.56. The Morgan fingerprint density at radius 2 is 1.78 bits per heavy atom. The molecule has 2 aromatic rings. The molecule has 10 heteroatoms. The third-order valence-corrected chi connectivity index (χ3v) is 5.15. The number of hydrogen-bond acceptors (Lipinski definition) is 6. The van der Waals surface area contributed by atoms with Crippen molar-refractivity contribution in [3.8, 4) is 0 Å². The molecule has 1 N–H and O–H groups in total. The summed E-state index contributed by atoms with van der Waals surface area (Å²) in [6, 6.07) is 6.23. The van der Waals surface area contributed by atoms with Crippen LogP contribution in [0.3, 0.4) is 0 Å². The van der Waals surface area contributed by atoms with Crippen molar-refractivity contribution in [2.45, 2.75) is 10.9 Å². The largest absolute Gasteiger partial charge is 0.378 e. The molecule has 27 heavy (non-hydrogen) atoms. The lowest BCUT2D eigenvalue weighted by atomic mass is 10.0. The van der Waals surface area contributed by atoms with Crippen LogP contribution in [0.25, 0.3) is 0 Å². The fourth-order valence-electron chi connectivity index (χ4n) is 2.62. The van der Waals surface area contributed by atoms with Crippen molar-refractivity contribution in [3.63, 3.8) is 0 Å². The molecule has 0 aliphatic carbocycles. The standard InChI is InChI=1S/C17H19F2N3O4S/c1-21(2)16(17-12(18)5-4-6-13(17)19)10-20-14-8-7-11(27(3,25)26)9-15(14)22(23)24/h4-9,16,20H,10H2,1-3H3. The van der Waals surface area contributed by atoms with Gasteiger partial charge >= 0.3 is 0 Å². The van der Waals surface area contributed by atoms with E-state index < -0.39 is 38.1 Å². The highest BCUT2D eigenvalue weighted by Crippen LogP contribution is 2.30. The van der Waals surface area contributed by atoms with Crippen LogP contribution in [0.5, 0.6) is 0 Å². The van der Waals surface area contributed by atoms with Crippen molar-refractivity contribution >= 4 is 21.2 Å². The first-order valence-corrected chi connectivity index (χ1v) is 9.74. The van der Waals surface area contributed by atoms with Gasteiger partial charge in [0.1, 0.15) is 17.3 Å². The van der Waals surface area contributed by atoms with Crippen molar-refractivity contribution < 1.29 is 22.1 Å². The van der Waals surface area contributed by atoms with Crippen LogP contribution < -0.4 is 5.32 Å². The van der Waals surface area contributed by atoms with Gasteiger partial charge < -0.3 is 10.2 Å². The molecule has 0 saturated heterocycles. The Hall–Kier alpha value is -2.59. The zero-order valence-electron chi connectivity index (χ0n) is 14.9. The maximum Gasteiger partial charge on any atom is 0.293 e. The first-order valence-electron chi connectivity index (χ1n) is 7.85. The Morgan fingerprint density at radius 3 is 2.26 bits per heavy atom. The number of nitrogens with one attached hydrogen (secondary N) is 1. The lowest BCUT2D eigenvalue weighted by Crippen LogP contribution is -2.28. The van der Waals surface area contributed by atoms with Crippen molar-refractivity contribution in [1.29, 1.82) is 0 Å². The highest BCUT2D eigenvalue weighted by atomic mass is 32.2. The second-order valence-corrected chi connectivity index (χ2v) is 8.22. The maximum atomic E-state index is 14.1. The lowest BCUT2D eigenvalue weighted by molar-refractivity contribution is -0.384. The molecule has 0 aliphatic rings. The highest BCUT2D eigenvalue weighted by molar-refractivity contribution is 7.90. The van der Waals surface area contributed by atoms with Crippen LogP contribution in [-0.4, -0.2) is 45.1 Å². The van der Waals surface area contributed by atoms with Gasteiger partial charge in [0.25, 0.3) is 5.69 Å². The van der Waals surface area contributed by atoms with E-state index in [4.69, 9.17) is 0 Å². The van der Waals surface area contributed by atoms with Crippen molar-refractivity contribution in [2.24, 2.45) is 0 Å². The molecule has 0 spiro atoms. The lowest BCUT2D eigenvalue weighted by Gasteiger charge is -2.26. The number of nitrogens with zero attached hydrogens (tertiary/aromatic N) is 2. The number of sulfone groups is 1. The Balaban J connectivity index is 2.37. The predicted molar refractivity (Wildman–Crippen MR) is 97.5 cm³/mol. The van der Waals surface area contributed by atoms with Gasteiger partial charge in [0, 0.05) is 24.4 Å². The smallest absolute Gasteiger partial charge is 0.293 e.